The lowest BCUT2D eigenvalue weighted by atomic mass is 9.81. The molecule has 3 heterocycles. The zero-order valence-corrected chi connectivity index (χ0v) is 20.0. The molecule has 3 atom stereocenters. The largest absolute Gasteiger partial charge is 0.478 e. The number of amides is 1. The van der Waals surface area contributed by atoms with Gasteiger partial charge in [-0.25, -0.2) is 9.59 Å². The summed E-state index contributed by atoms with van der Waals surface area (Å²) in [6, 6.07) is 10.9. The smallest absolute Gasteiger partial charge is 0.397 e. The Bertz CT molecular complexity index is 1060. The number of aryl methyl sites for hydroxylation is 1. The Hall–Kier alpha value is -2.71. The minimum absolute atomic E-state index is 0.122. The van der Waals surface area contributed by atoms with Crippen molar-refractivity contribution in [1.29, 1.82) is 0 Å². The zero-order chi connectivity index (χ0) is 23.8. The van der Waals surface area contributed by atoms with Gasteiger partial charge < -0.3 is 15.2 Å². The molecule has 0 aliphatic carbocycles. The monoisotopic (exact) mass is 470 g/mol. The number of carboxylic acid groups (broad SMARTS) is 1. The van der Waals surface area contributed by atoms with Crippen LogP contribution in [0.5, 0.6) is 0 Å². The second-order valence-electron chi connectivity index (χ2n) is 9.79. The highest BCUT2D eigenvalue weighted by Crippen LogP contribution is 2.47. The highest BCUT2D eigenvalue weighted by molar-refractivity contribution is 7.17. The topological polar surface area (TPSA) is 95.9 Å². The first-order valence-corrected chi connectivity index (χ1v) is 12.1. The Morgan fingerprint density at radius 2 is 1.91 bits per heavy atom. The maximum absolute atomic E-state index is 12.4. The van der Waals surface area contributed by atoms with Gasteiger partial charge in [0.2, 0.25) is 0 Å². The fraction of sp³-hybridized carbons (Fsp3) is 0.480. The van der Waals surface area contributed by atoms with Crippen LogP contribution in [0.25, 0.3) is 0 Å². The first-order valence-electron chi connectivity index (χ1n) is 11.3. The van der Waals surface area contributed by atoms with Crippen LogP contribution in [0.3, 0.4) is 0 Å². The van der Waals surface area contributed by atoms with Crippen molar-refractivity contribution in [2.45, 2.75) is 70.6 Å². The minimum Gasteiger partial charge on any atom is -0.478 e. The molecular formula is C25H30N2O5S. The van der Waals surface area contributed by atoms with Gasteiger partial charge in [-0.05, 0) is 63.5 Å². The summed E-state index contributed by atoms with van der Waals surface area (Å²) < 4.78 is 5.12. The molecule has 0 spiro atoms. The van der Waals surface area contributed by atoms with Crippen molar-refractivity contribution in [3.63, 3.8) is 0 Å². The van der Waals surface area contributed by atoms with Gasteiger partial charge in [0.1, 0.15) is 10.6 Å². The summed E-state index contributed by atoms with van der Waals surface area (Å²) in [5, 5.41) is 12.7. The number of carbonyl (C=O) groups excluding carboxylic acids is 2. The Morgan fingerprint density at radius 3 is 2.58 bits per heavy atom. The number of carboxylic acids is 1. The lowest BCUT2D eigenvalue weighted by molar-refractivity contribution is -0.161. The number of benzene rings is 1. The van der Waals surface area contributed by atoms with Gasteiger partial charge in [0.15, 0.2) is 0 Å². The van der Waals surface area contributed by atoms with Crippen LogP contribution in [0.1, 0.15) is 72.3 Å². The van der Waals surface area contributed by atoms with Gasteiger partial charge in [-0.2, -0.15) is 0 Å². The van der Waals surface area contributed by atoms with Crippen LogP contribution in [0.2, 0.25) is 0 Å². The van der Waals surface area contributed by atoms with Gasteiger partial charge in [0, 0.05) is 24.0 Å². The SMILES string of the molecule is CC(C)(C)OC(=O)C(=O)Nc1sc2c(c1C(=O)O)C1CCC(CCc3ccccc3)N(C2)C1. The summed E-state index contributed by atoms with van der Waals surface area (Å²) in [6.07, 6.45) is 4.01. The fourth-order valence-electron chi connectivity index (χ4n) is 4.84. The standard InChI is InChI=1S/C25H30N2O5S/c1-25(2,3)32-24(31)21(28)26-22-20(23(29)30)19-16-10-12-17(27(13-16)14-18(19)33-22)11-9-15-7-5-4-6-8-15/h4-8,16-17H,9-14H2,1-3H3,(H,26,28)(H,29,30). The molecule has 1 saturated heterocycles. The molecule has 2 aromatic rings. The molecule has 8 heteroatoms. The van der Waals surface area contributed by atoms with Gasteiger partial charge in [0.05, 0.1) is 5.56 Å². The lowest BCUT2D eigenvalue weighted by Gasteiger charge is -2.43. The number of nitrogens with zero attached hydrogens (tertiary/aromatic N) is 1. The molecule has 2 bridgehead atoms. The number of rotatable bonds is 5. The van der Waals surface area contributed by atoms with E-state index in [1.165, 1.54) is 16.9 Å². The van der Waals surface area contributed by atoms with Crippen LogP contribution in [0.4, 0.5) is 5.00 Å². The number of hydrogen-bond acceptors (Lipinski definition) is 6. The van der Waals surface area contributed by atoms with Crippen molar-refractivity contribution in [2.75, 3.05) is 11.9 Å². The molecule has 2 N–H and O–H groups in total. The van der Waals surface area contributed by atoms with E-state index in [1.54, 1.807) is 20.8 Å². The van der Waals surface area contributed by atoms with E-state index in [0.717, 1.165) is 42.7 Å². The molecule has 1 aromatic carbocycles. The quantitative estimate of drug-likeness (QED) is 0.496. The Morgan fingerprint density at radius 1 is 1.18 bits per heavy atom. The molecule has 0 radical (unpaired) electrons. The Labute approximate surface area is 197 Å². The van der Waals surface area contributed by atoms with Crippen molar-refractivity contribution in [2.24, 2.45) is 0 Å². The van der Waals surface area contributed by atoms with Crippen molar-refractivity contribution >= 4 is 34.2 Å². The Balaban J connectivity index is 1.51. The van der Waals surface area contributed by atoms with E-state index in [-0.39, 0.29) is 16.5 Å². The van der Waals surface area contributed by atoms with Gasteiger partial charge in [-0.3, -0.25) is 9.69 Å². The molecule has 3 unspecified atom stereocenters. The summed E-state index contributed by atoms with van der Waals surface area (Å²) >= 11 is 1.27. The predicted molar refractivity (Wildman–Crippen MR) is 127 cm³/mol. The van der Waals surface area contributed by atoms with Crippen LogP contribution < -0.4 is 5.32 Å². The molecule has 2 aliphatic heterocycles. The normalized spacial score (nSPS) is 21.7. The summed E-state index contributed by atoms with van der Waals surface area (Å²) in [5.74, 6) is -2.92. The molecule has 0 saturated carbocycles. The third kappa shape index (κ3) is 5.28. The number of anilines is 1. The molecule has 1 fully saturated rings. The average Bonchev–Trinajstić information content (AvgIpc) is 3.11. The molecule has 33 heavy (non-hydrogen) atoms. The maximum Gasteiger partial charge on any atom is 0.397 e. The molecule has 7 nitrogen and oxygen atoms in total. The number of carbonyl (C=O) groups is 3. The van der Waals surface area contributed by atoms with E-state index in [0.29, 0.717) is 12.6 Å². The third-order valence-electron chi connectivity index (χ3n) is 6.23. The van der Waals surface area contributed by atoms with Crippen LogP contribution in [0.15, 0.2) is 30.3 Å². The van der Waals surface area contributed by atoms with Crippen molar-refractivity contribution < 1.29 is 24.2 Å². The number of esters is 1. The molecule has 2 aliphatic rings. The van der Waals surface area contributed by atoms with Crippen LogP contribution in [-0.2, 0) is 27.3 Å². The molecular weight excluding hydrogens is 440 g/mol. The van der Waals surface area contributed by atoms with E-state index >= 15 is 0 Å². The first kappa shape index (κ1) is 23.4. The van der Waals surface area contributed by atoms with Crippen molar-refractivity contribution in [3.05, 3.63) is 51.9 Å². The van der Waals surface area contributed by atoms with Crippen molar-refractivity contribution in [1.82, 2.24) is 4.90 Å². The molecule has 1 amide bonds. The summed E-state index contributed by atoms with van der Waals surface area (Å²) in [6.45, 7) is 6.51. The third-order valence-corrected chi connectivity index (χ3v) is 7.34. The number of aromatic carboxylic acids is 1. The summed E-state index contributed by atoms with van der Waals surface area (Å²) in [4.78, 5) is 40.1. The average molecular weight is 471 g/mol. The number of fused-ring (bicyclic) bond motifs is 4. The zero-order valence-electron chi connectivity index (χ0n) is 19.2. The lowest BCUT2D eigenvalue weighted by Crippen LogP contribution is -2.45. The fourth-order valence-corrected chi connectivity index (χ4v) is 6.14. The minimum atomic E-state index is -1.08. The number of piperidine rings is 1. The van der Waals surface area contributed by atoms with E-state index < -0.39 is 23.4 Å². The van der Waals surface area contributed by atoms with Crippen molar-refractivity contribution in [3.8, 4) is 0 Å². The van der Waals surface area contributed by atoms with Gasteiger partial charge in [-0.1, -0.05) is 30.3 Å². The van der Waals surface area contributed by atoms with E-state index in [9.17, 15) is 19.5 Å². The van der Waals surface area contributed by atoms with Crippen LogP contribution in [0, 0.1) is 0 Å². The number of hydrogen-bond donors (Lipinski definition) is 2. The van der Waals surface area contributed by atoms with E-state index in [1.807, 2.05) is 6.07 Å². The van der Waals surface area contributed by atoms with Crippen LogP contribution in [-0.4, -0.2) is 46.0 Å². The number of ether oxygens (including phenoxy) is 1. The maximum atomic E-state index is 12.4. The molecule has 176 valence electrons. The van der Waals surface area contributed by atoms with Gasteiger partial charge in [-0.15, -0.1) is 11.3 Å². The first-order chi connectivity index (χ1) is 15.6. The van der Waals surface area contributed by atoms with Crippen LogP contribution >= 0.6 is 11.3 Å². The second-order valence-corrected chi connectivity index (χ2v) is 10.9. The number of nitrogens with one attached hydrogen (secondary N) is 1. The Kier molecular flexibility index (Phi) is 6.59. The summed E-state index contributed by atoms with van der Waals surface area (Å²) in [5.41, 5.74) is 1.47. The molecule has 4 rings (SSSR count). The highest BCUT2D eigenvalue weighted by atomic mass is 32.1. The second kappa shape index (κ2) is 9.27. The van der Waals surface area contributed by atoms with Gasteiger partial charge >= 0.3 is 17.8 Å². The number of thiophene rings is 1. The predicted octanol–water partition coefficient (Wildman–Crippen LogP) is 4.42. The molecule has 1 aromatic heterocycles. The van der Waals surface area contributed by atoms with Gasteiger partial charge in [0.25, 0.3) is 0 Å². The highest BCUT2D eigenvalue weighted by Gasteiger charge is 2.40. The van der Waals surface area contributed by atoms with E-state index in [2.05, 4.69) is 34.5 Å². The summed E-state index contributed by atoms with van der Waals surface area (Å²) in [7, 11) is 0. The van der Waals surface area contributed by atoms with E-state index in [4.69, 9.17) is 4.74 Å².